The van der Waals surface area contributed by atoms with E-state index >= 15 is 0 Å². The van der Waals surface area contributed by atoms with Crippen molar-refractivity contribution in [2.45, 2.75) is 17.5 Å². The van der Waals surface area contributed by atoms with E-state index in [1.54, 1.807) is 47.4 Å². The Morgan fingerprint density at radius 2 is 1.51 bits per heavy atom. The average molecular weight is 602 g/mol. The number of carbonyl (C=O) groups excluding carboxylic acids is 3. The maximum absolute atomic E-state index is 13.6. The molecule has 0 spiro atoms. The minimum Gasteiger partial charge on any atom is -0.321 e. The van der Waals surface area contributed by atoms with Gasteiger partial charge in [0.15, 0.2) is 0 Å². The summed E-state index contributed by atoms with van der Waals surface area (Å²) in [6.45, 7) is 0.647. The van der Waals surface area contributed by atoms with Gasteiger partial charge in [-0.3, -0.25) is 14.4 Å². The largest absolute Gasteiger partial charge is 0.416 e. The highest BCUT2D eigenvalue weighted by atomic mass is 32.2. The molecule has 0 atom stereocenters. The molecule has 3 amide bonds. The lowest BCUT2D eigenvalue weighted by Gasteiger charge is -2.17. The smallest absolute Gasteiger partial charge is 0.321 e. The molecule has 0 saturated heterocycles. The van der Waals surface area contributed by atoms with Crippen molar-refractivity contribution < 1.29 is 27.6 Å². The predicted molar refractivity (Wildman–Crippen MR) is 162 cm³/mol. The molecule has 0 fully saturated rings. The standard InChI is InChI=1S/C33H26F3N3O3S/c34-33(35,36)27-12-6-4-11-24(27)20-28(38-31(41)23-9-2-1-3-10-23)32(42)37-25-14-16-26(17-15-25)43-21-30(40)39-19-18-22-8-5-7-13-29(22)39/h1-17,20H,18-19,21H2,(H,37,42)(H,38,41). The lowest BCUT2D eigenvalue weighted by Crippen LogP contribution is -2.31. The predicted octanol–water partition coefficient (Wildman–Crippen LogP) is 6.80. The third kappa shape index (κ3) is 7.34. The molecule has 218 valence electrons. The lowest BCUT2D eigenvalue weighted by atomic mass is 10.1. The molecule has 0 bridgehead atoms. The van der Waals surface area contributed by atoms with Crippen LogP contribution in [0.2, 0.25) is 0 Å². The zero-order valence-electron chi connectivity index (χ0n) is 22.7. The molecule has 1 heterocycles. The Balaban J connectivity index is 1.29. The van der Waals surface area contributed by atoms with Crippen molar-refractivity contribution in [1.82, 2.24) is 5.32 Å². The quantitative estimate of drug-likeness (QED) is 0.172. The first kappa shape index (κ1) is 29.7. The molecule has 6 nitrogen and oxygen atoms in total. The third-order valence-corrected chi connectivity index (χ3v) is 7.75. The molecule has 0 radical (unpaired) electrons. The number of carbonyl (C=O) groups is 3. The summed E-state index contributed by atoms with van der Waals surface area (Å²) < 4.78 is 40.9. The normalized spacial score (nSPS) is 12.9. The molecular weight excluding hydrogens is 575 g/mol. The van der Waals surface area contributed by atoms with Crippen molar-refractivity contribution in [2.24, 2.45) is 0 Å². The van der Waals surface area contributed by atoms with Crippen molar-refractivity contribution in [3.8, 4) is 0 Å². The van der Waals surface area contributed by atoms with E-state index in [9.17, 15) is 27.6 Å². The summed E-state index contributed by atoms with van der Waals surface area (Å²) in [7, 11) is 0. The molecule has 4 aromatic carbocycles. The van der Waals surface area contributed by atoms with Gasteiger partial charge in [0.25, 0.3) is 11.8 Å². The number of halogens is 3. The van der Waals surface area contributed by atoms with Crippen molar-refractivity contribution in [1.29, 1.82) is 0 Å². The van der Waals surface area contributed by atoms with Crippen molar-refractivity contribution >= 4 is 46.9 Å². The number of hydrogen-bond donors (Lipinski definition) is 2. The highest BCUT2D eigenvalue weighted by Gasteiger charge is 2.33. The number of amides is 3. The van der Waals surface area contributed by atoms with Gasteiger partial charge in [0.1, 0.15) is 5.70 Å². The van der Waals surface area contributed by atoms with Gasteiger partial charge in [-0.25, -0.2) is 0 Å². The van der Waals surface area contributed by atoms with Crippen molar-refractivity contribution in [3.63, 3.8) is 0 Å². The van der Waals surface area contributed by atoms with E-state index in [4.69, 9.17) is 0 Å². The molecule has 10 heteroatoms. The van der Waals surface area contributed by atoms with Gasteiger partial charge in [0, 0.05) is 28.4 Å². The Bertz CT molecular complexity index is 1670. The number of para-hydroxylation sites is 1. The van der Waals surface area contributed by atoms with Crippen LogP contribution in [0.15, 0.2) is 114 Å². The Labute approximate surface area is 250 Å². The molecule has 2 N–H and O–H groups in total. The fourth-order valence-electron chi connectivity index (χ4n) is 4.63. The van der Waals surface area contributed by atoms with Gasteiger partial charge in [0.05, 0.1) is 11.3 Å². The van der Waals surface area contributed by atoms with E-state index in [1.165, 1.54) is 42.1 Å². The number of anilines is 2. The third-order valence-electron chi connectivity index (χ3n) is 6.76. The second-order valence-electron chi connectivity index (χ2n) is 9.65. The zero-order chi connectivity index (χ0) is 30.4. The van der Waals surface area contributed by atoms with E-state index < -0.39 is 23.6 Å². The van der Waals surface area contributed by atoms with E-state index in [2.05, 4.69) is 10.6 Å². The van der Waals surface area contributed by atoms with Crippen LogP contribution in [0.4, 0.5) is 24.5 Å². The Kier molecular flexibility index (Phi) is 8.96. The van der Waals surface area contributed by atoms with Crippen LogP contribution >= 0.6 is 11.8 Å². The van der Waals surface area contributed by atoms with E-state index in [-0.39, 0.29) is 28.5 Å². The number of alkyl halides is 3. The SMILES string of the molecule is O=C(Nc1ccc(SCC(=O)N2CCc3ccccc32)cc1)C(=Cc1ccccc1C(F)(F)F)NC(=O)c1ccccc1. The van der Waals surface area contributed by atoms with Crippen LogP contribution in [-0.2, 0) is 22.2 Å². The number of fused-ring (bicyclic) bond motifs is 1. The molecule has 1 aliphatic heterocycles. The second-order valence-corrected chi connectivity index (χ2v) is 10.7. The monoisotopic (exact) mass is 601 g/mol. The lowest BCUT2D eigenvalue weighted by molar-refractivity contribution is -0.137. The minimum absolute atomic E-state index is 0.00426. The summed E-state index contributed by atoms with van der Waals surface area (Å²) in [5, 5.41) is 5.09. The van der Waals surface area contributed by atoms with Gasteiger partial charge < -0.3 is 15.5 Å². The van der Waals surface area contributed by atoms with Crippen molar-refractivity contribution in [2.75, 3.05) is 22.5 Å². The van der Waals surface area contributed by atoms with Gasteiger partial charge in [0.2, 0.25) is 5.91 Å². The molecule has 0 unspecified atom stereocenters. The summed E-state index contributed by atoms with van der Waals surface area (Å²) in [5.74, 6) is -1.22. The van der Waals surface area contributed by atoms with E-state index in [1.807, 2.05) is 24.3 Å². The van der Waals surface area contributed by atoms with Crippen LogP contribution in [0.5, 0.6) is 0 Å². The second kappa shape index (κ2) is 13.0. The zero-order valence-corrected chi connectivity index (χ0v) is 23.5. The van der Waals surface area contributed by atoms with Crippen LogP contribution in [0.3, 0.4) is 0 Å². The van der Waals surface area contributed by atoms with Gasteiger partial charge >= 0.3 is 6.18 Å². The van der Waals surface area contributed by atoms with Crippen molar-refractivity contribution in [3.05, 3.63) is 131 Å². The number of benzene rings is 4. The van der Waals surface area contributed by atoms with Gasteiger partial charge in [-0.2, -0.15) is 13.2 Å². The molecule has 4 aromatic rings. The number of nitrogens with one attached hydrogen (secondary N) is 2. The number of nitrogens with zero attached hydrogens (tertiary/aromatic N) is 1. The number of hydrogen-bond acceptors (Lipinski definition) is 4. The summed E-state index contributed by atoms with van der Waals surface area (Å²) in [6.07, 6.45) is -2.83. The maximum atomic E-state index is 13.6. The number of rotatable bonds is 8. The molecule has 43 heavy (non-hydrogen) atoms. The average Bonchev–Trinajstić information content (AvgIpc) is 3.45. The fraction of sp³-hybridized carbons (Fsp3) is 0.121. The number of thioether (sulfide) groups is 1. The Hall–Kier alpha value is -4.83. The van der Waals surface area contributed by atoms with Gasteiger partial charge in [-0.05, 0) is 72.2 Å². The first-order chi connectivity index (χ1) is 20.7. The highest BCUT2D eigenvalue weighted by molar-refractivity contribution is 8.00. The molecule has 5 rings (SSSR count). The van der Waals surface area contributed by atoms with Gasteiger partial charge in [-0.1, -0.05) is 54.6 Å². The first-order valence-corrected chi connectivity index (χ1v) is 14.3. The summed E-state index contributed by atoms with van der Waals surface area (Å²) >= 11 is 1.36. The topological polar surface area (TPSA) is 78.5 Å². The maximum Gasteiger partial charge on any atom is 0.416 e. The molecule has 0 aromatic heterocycles. The van der Waals surface area contributed by atoms with Crippen LogP contribution in [-0.4, -0.2) is 30.0 Å². The molecule has 1 aliphatic rings. The Morgan fingerprint density at radius 3 is 2.26 bits per heavy atom. The Morgan fingerprint density at radius 1 is 0.837 bits per heavy atom. The summed E-state index contributed by atoms with van der Waals surface area (Å²) in [5.41, 5.74) is 1.11. The minimum atomic E-state index is -4.66. The first-order valence-electron chi connectivity index (χ1n) is 13.4. The highest BCUT2D eigenvalue weighted by Crippen LogP contribution is 2.33. The molecule has 0 aliphatic carbocycles. The molecular formula is C33H26F3N3O3S. The fourth-order valence-corrected chi connectivity index (χ4v) is 5.41. The van der Waals surface area contributed by atoms with Crippen LogP contribution < -0.4 is 15.5 Å². The van der Waals surface area contributed by atoms with Crippen LogP contribution in [0, 0.1) is 0 Å². The summed E-state index contributed by atoms with van der Waals surface area (Å²) in [4.78, 5) is 41.5. The van der Waals surface area contributed by atoms with E-state index in [0.29, 0.717) is 12.2 Å². The van der Waals surface area contributed by atoms with Crippen LogP contribution in [0.1, 0.15) is 27.0 Å². The molecule has 0 saturated carbocycles. The van der Waals surface area contributed by atoms with E-state index in [0.717, 1.165) is 34.7 Å². The van der Waals surface area contributed by atoms with Gasteiger partial charge in [-0.15, -0.1) is 11.8 Å². The van der Waals surface area contributed by atoms with Crippen LogP contribution in [0.25, 0.3) is 6.08 Å². The summed E-state index contributed by atoms with van der Waals surface area (Å²) in [6, 6.07) is 27.4.